The molecule has 0 amide bonds. The maximum absolute atomic E-state index is 11.8. The number of aryl methyl sites for hydroxylation is 1. The summed E-state index contributed by atoms with van der Waals surface area (Å²) in [6, 6.07) is 0. The van der Waals surface area contributed by atoms with Crippen LogP contribution in [0, 0.1) is 21.7 Å². The largest absolute Gasteiger partial charge is 0.341 e. The molecule has 0 atom stereocenters. The first-order valence-corrected chi connectivity index (χ1v) is 12.9. The normalized spacial score (nSPS) is 16.4. The Morgan fingerprint density at radius 3 is 1.08 bits per heavy atom. The average molecular weight is 588 g/mol. The van der Waals surface area contributed by atoms with E-state index in [1.165, 1.54) is 12.2 Å². The molecule has 0 saturated carbocycles. The van der Waals surface area contributed by atoms with Gasteiger partial charge in [-0.25, -0.2) is 4.98 Å². The van der Waals surface area contributed by atoms with Gasteiger partial charge in [0.15, 0.2) is 0 Å². The van der Waals surface area contributed by atoms with Gasteiger partial charge in [-0.1, -0.05) is 95.2 Å². The SMILES string of the molecule is CC(C)(C)C1=CC(=O)C(=O)C(C(C)(C)C)=C1.CC(C)(C)C1=CC(=O)C(=O)C(C(C)(C)C)=C1.Cn1ccnc1.[Zn]. The number of rotatable bonds is 0. The Kier molecular flexibility index (Phi) is 12.4. The number of Topliss-reactive ketones (excluding diaryl/α,β-unsaturated/α-hetero) is 2. The third-order valence-electron chi connectivity index (χ3n) is 6.09. The summed E-state index contributed by atoms with van der Waals surface area (Å²) in [7, 11) is 1.94. The molecule has 0 aliphatic heterocycles. The van der Waals surface area contributed by atoms with Crippen molar-refractivity contribution in [2.45, 2.75) is 83.1 Å². The molecule has 1 aromatic rings. The molecule has 1 heterocycles. The van der Waals surface area contributed by atoms with Crippen LogP contribution in [0.15, 0.2) is 65.3 Å². The smallest absolute Gasteiger partial charge is 0.229 e. The van der Waals surface area contributed by atoms with Crippen molar-refractivity contribution in [3.8, 4) is 0 Å². The van der Waals surface area contributed by atoms with E-state index in [2.05, 4.69) is 4.98 Å². The van der Waals surface area contributed by atoms with Gasteiger partial charge in [0.2, 0.25) is 23.1 Å². The molecular weight excluding hydrogens is 542 g/mol. The number of carbonyl (C=O) groups is 4. The van der Waals surface area contributed by atoms with Gasteiger partial charge in [-0.2, -0.15) is 0 Å². The van der Waals surface area contributed by atoms with Crippen LogP contribution in [0.3, 0.4) is 0 Å². The molecule has 6 nitrogen and oxygen atoms in total. The summed E-state index contributed by atoms with van der Waals surface area (Å²) < 4.78 is 1.89. The van der Waals surface area contributed by atoms with E-state index in [4.69, 9.17) is 0 Å². The van der Waals surface area contributed by atoms with Gasteiger partial charge >= 0.3 is 0 Å². The standard InChI is InChI=1S/2C14H20O2.C4H6N2.Zn/c2*1-13(2,3)9-7-10(14(4,5)6)12(16)11(15)8-9;1-6-3-2-5-4-6;/h2*7-8H,1-6H3;2-4H,1H3;. The Bertz CT molecular complexity index is 1120. The summed E-state index contributed by atoms with van der Waals surface area (Å²) in [6.07, 6.45) is 12.1. The summed E-state index contributed by atoms with van der Waals surface area (Å²) in [5.41, 5.74) is 2.33. The maximum atomic E-state index is 11.8. The third-order valence-corrected chi connectivity index (χ3v) is 6.09. The molecule has 0 aromatic carbocycles. The van der Waals surface area contributed by atoms with Gasteiger partial charge in [-0.15, -0.1) is 0 Å². The molecule has 0 saturated heterocycles. The molecule has 2 aliphatic rings. The van der Waals surface area contributed by atoms with Crippen molar-refractivity contribution < 1.29 is 38.7 Å². The fourth-order valence-corrected chi connectivity index (χ4v) is 3.51. The van der Waals surface area contributed by atoms with E-state index in [0.717, 1.165) is 11.1 Å². The molecule has 210 valence electrons. The van der Waals surface area contributed by atoms with E-state index in [9.17, 15) is 19.2 Å². The molecule has 0 unspecified atom stereocenters. The Morgan fingerprint density at radius 1 is 0.564 bits per heavy atom. The van der Waals surface area contributed by atoms with Crippen molar-refractivity contribution in [3.05, 3.63) is 65.3 Å². The molecule has 0 radical (unpaired) electrons. The van der Waals surface area contributed by atoms with Gasteiger partial charge in [-0.3, -0.25) is 19.2 Å². The predicted molar refractivity (Wildman–Crippen MR) is 153 cm³/mol. The molecule has 7 heteroatoms. The van der Waals surface area contributed by atoms with Gasteiger partial charge in [0, 0.05) is 50.1 Å². The molecule has 0 N–H and O–H groups in total. The first kappa shape index (κ1) is 36.5. The summed E-state index contributed by atoms with van der Waals surface area (Å²) >= 11 is 0. The van der Waals surface area contributed by atoms with Crippen LogP contribution in [0.5, 0.6) is 0 Å². The van der Waals surface area contributed by atoms with Crippen molar-refractivity contribution >= 4 is 23.1 Å². The van der Waals surface area contributed by atoms with Crippen LogP contribution < -0.4 is 0 Å². The van der Waals surface area contributed by atoms with Crippen LogP contribution in [0.2, 0.25) is 0 Å². The molecule has 0 fully saturated rings. The zero-order valence-electron chi connectivity index (χ0n) is 26.3. The van der Waals surface area contributed by atoms with Crippen molar-refractivity contribution in [2.24, 2.45) is 28.7 Å². The molecule has 0 spiro atoms. The van der Waals surface area contributed by atoms with Crippen LogP contribution in [0.4, 0.5) is 0 Å². The number of allylic oxidation sites excluding steroid dienone is 8. The van der Waals surface area contributed by atoms with Crippen LogP contribution in [0.25, 0.3) is 0 Å². The molecule has 2 aliphatic carbocycles. The second-order valence-corrected chi connectivity index (χ2v) is 13.9. The van der Waals surface area contributed by atoms with Crippen LogP contribution >= 0.6 is 0 Å². The van der Waals surface area contributed by atoms with Gasteiger partial charge in [-0.05, 0) is 45.0 Å². The number of ketones is 4. The summed E-state index contributed by atoms with van der Waals surface area (Å²) in [5.74, 6) is -1.50. The number of carbonyl (C=O) groups excluding carboxylic acids is 4. The van der Waals surface area contributed by atoms with Crippen LogP contribution in [-0.2, 0) is 45.7 Å². The van der Waals surface area contributed by atoms with Crippen molar-refractivity contribution in [2.75, 3.05) is 0 Å². The second kappa shape index (κ2) is 13.2. The van der Waals surface area contributed by atoms with E-state index >= 15 is 0 Å². The minimum absolute atomic E-state index is 0. The van der Waals surface area contributed by atoms with E-state index in [0.29, 0.717) is 11.1 Å². The monoisotopic (exact) mass is 586 g/mol. The van der Waals surface area contributed by atoms with E-state index in [-0.39, 0.29) is 52.7 Å². The van der Waals surface area contributed by atoms with Crippen LogP contribution in [0.1, 0.15) is 83.1 Å². The molecular formula is C32H46N2O4Zn. The summed E-state index contributed by atoms with van der Waals surface area (Å²) in [5, 5.41) is 0. The second-order valence-electron chi connectivity index (χ2n) is 13.9. The minimum atomic E-state index is -0.391. The fourth-order valence-electron chi connectivity index (χ4n) is 3.51. The van der Waals surface area contributed by atoms with Crippen LogP contribution in [-0.4, -0.2) is 32.7 Å². The minimum Gasteiger partial charge on any atom is -0.341 e. The molecule has 3 rings (SSSR count). The first-order valence-electron chi connectivity index (χ1n) is 12.9. The topological polar surface area (TPSA) is 86.1 Å². The van der Waals surface area contributed by atoms with E-state index in [1.807, 2.05) is 113 Å². The average Bonchev–Trinajstić information content (AvgIpc) is 3.20. The summed E-state index contributed by atoms with van der Waals surface area (Å²) in [4.78, 5) is 50.6. The predicted octanol–water partition coefficient (Wildman–Crippen LogP) is 6.58. The Hall–Kier alpha value is -2.53. The third kappa shape index (κ3) is 10.9. The van der Waals surface area contributed by atoms with Crippen molar-refractivity contribution in [1.82, 2.24) is 9.55 Å². The van der Waals surface area contributed by atoms with E-state index in [1.54, 1.807) is 12.5 Å². The number of hydrogen-bond donors (Lipinski definition) is 0. The quantitative estimate of drug-likeness (QED) is 0.194. The van der Waals surface area contributed by atoms with Gasteiger partial charge in [0.25, 0.3) is 0 Å². The fraction of sp³-hybridized carbons (Fsp3) is 0.531. The summed E-state index contributed by atoms with van der Waals surface area (Å²) in [6.45, 7) is 24.0. The zero-order valence-corrected chi connectivity index (χ0v) is 29.2. The molecule has 39 heavy (non-hydrogen) atoms. The Morgan fingerprint density at radius 2 is 0.897 bits per heavy atom. The van der Waals surface area contributed by atoms with Crippen molar-refractivity contribution in [1.29, 1.82) is 0 Å². The molecule has 0 bridgehead atoms. The Balaban J connectivity index is 0.000000598. The number of aromatic nitrogens is 2. The van der Waals surface area contributed by atoms with Crippen molar-refractivity contribution in [3.63, 3.8) is 0 Å². The number of nitrogens with zero attached hydrogens (tertiary/aromatic N) is 2. The molecule has 1 aromatic heterocycles. The maximum Gasteiger partial charge on any atom is 0.229 e. The first-order chi connectivity index (χ1) is 17.0. The van der Waals surface area contributed by atoms with Gasteiger partial charge < -0.3 is 4.57 Å². The zero-order chi connectivity index (χ0) is 29.9. The number of hydrogen-bond acceptors (Lipinski definition) is 5. The van der Waals surface area contributed by atoms with Gasteiger partial charge in [0.1, 0.15) is 0 Å². The van der Waals surface area contributed by atoms with Gasteiger partial charge in [0.05, 0.1) is 6.33 Å². The van der Waals surface area contributed by atoms with E-state index < -0.39 is 11.6 Å². The Labute approximate surface area is 247 Å². The number of imidazole rings is 1.